The molecule has 0 aliphatic heterocycles. The number of nitrogens with one attached hydrogen (secondary N) is 2. The highest BCUT2D eigenvalue weighted by molar-refractivity contribution is 7.84. The zero-order valence-corrected chi connectivity index (χ0v) is 21.0. The van der Waals surface area contributed by atoms with Crippen LogP contribution in [-0.4, -0.2) is 44.1 Å². The highest BCUT2D eigenvalue weighted by Crippen LogP contribution is 2.29. The zero-order chi connectivity index (χ0) is 23.8. The molecule has 0 fully saturated rings. The maximum Gasteiger partial charge on any atom is 0.238 e. The summed E-state index contributed by atoms with van der Waals surface area (Å²) >= 11 is 1.44. The molecular weight excluding hydrogens is 454 g/mol. The summed E-state index contributed by atoms with van der Waals surface area (Å²) < 4.78 is 13.8. The second-order valence-corrected chi connectivity index (χ2v) is 11.0. The minimum absolute atomic E-state index is 0.0493. The zero-order valence-electron chi connectivity index (χ0n) is 19.4. The van der Waals surface area contributed by atoms with E-state index < -0.39 is 29.0 Å². The van der Waals surface area contributed by atoms with Crippen molar-refractivity contribution >= 4 is 38.3 Å². The van der Waals surface area contributed by atoms with Crippen LogP contribution in [0.5, 0.6) is 0 Å². The van der Waals surface area contributed by atoms with Crippen molar-refractivity contribution in [2.24, 2.45) is 0 Å². The number of nitrogens with zero attached hydrogens (tertiary/aromatic N) is 1. The molecular formula is C25H33N3O3S2. The summed E-state index contributed by atoms with van der Waals surface area (Å²) in [4.78, 5) is 17.8. The van der Waals surface area contributed by atoms with Gasteiger partial charge in [-0.2, -0.15) is 0 Å². The number of carbonyl (C=O) groups excluding carboxylic acids is 1. The van der Waals surface area contributed by atoms with Crippen LogP contribution in [-0.2, 0) is 21.3 Å². The van der Waals surface area contributed by atoms with Gasteiger partial charge in [0.25, 0.3) is 0 Å². The molecule has 0 aliphatic carbocycles. The maximum atomic E-state index is 13.2. The molecule has 0 radical (unpaired) electrons. The topological polar surface area (TPSA) is 91.3 Å². The van der Waals surface area contributed by atoms with Crippen molar-refractivity contribution in [2.75, 3.05) is 5.75 Å². The largest absolute Gasteiger partial charge is 0.384 e. The van der Waals surface area contributed by atoms with Gasteiger partial charge in [0.1, 0.15) is 11.1 Å². The first kappa shape index (κ1) is 25.5. The third-order valence-corrected chi connectivity index (χ3v) is 7.71. The molecule has 0 spiro atoms. The van der Waals surface area contributed by atoms with Crippen LogP contribution in [0.4, 0.5) is 0 Å². The lowest BCUT2D eigenvalue weighted by molar-refractivity contribution is -0.124. The Morgan fingerprint density at radius 3 is 2.48 bits per heavy atom. The predicted octanol–water partition coefficient (Wildman–Crippen LogP) is 3.93. The second-order valence-electron chi connectivity index (χ2n) is 8.48. The molecule has 178 valence electrons. The molecule has 3 N–H and O–H groups in total. The fraction of sp³-hybridized carbons (Fsp3) is 0.440. The average Bonchev–Trinajstić information content (AvgIpc) is 3.22. The first-order chi connectivity index (χ1) is 15.9. The molecule has 0 bridgehead atoms. The van der Waals surface area contributed by atoms with Crippen LogP contribution in [0.15, 0.2) is 54.6 Å². The van der Waals surface area contributed by atoms with E-state index in [1.165, 1.54) is 11.3 Å². The summed E-state index contributed by atoms with van der Waals surface area (Å²) in [5.41, 5.74) is 1.82. The van der Waals surface area contributed by atoms with Gasteiger partial charge in [0.15, 0.2) is 0 Å². The predicted molar refractivity (Wildman–Crippen MR) is 137 cm³/mol. The number of carbonyl (C=O) groups is 1. The van der Waals surface area contributed by atoms with Gasteiger partial charge in [-0.25, -0.2) is 4.98 Å². The van der Waals surface area contributed by atoms with Crippen LogP contribution in [0.3, 0.4) is 0 Å². The number of amides is 1. The molecule has 8 heteroatoms. The number of aliphatic hydroxyl groups excluding tert-OH is 1. The van der Waals surface area contributed by atoms with Crippen LogP contribution in [0, 0.1) is 0 Å². The fourth-order valence-corrected chi connectivity index (χ4v) is 6.02. The van der Waals surface area contributed by atoms with Crippen LogP contribution in [0.25, 0.3) is 10.2 Å². The Morgan fingerprint density at radius 2 is 1.82 bits per heavy atom. The molecule has 1 aromatic heterocycles. The van der Waals surface area contributed by atoms with Gasteiger partial charge in [0, 0.05) is 28.3 Å². The summed E-state index contributed by atoms with van der Waals surface area (Å²) in [7, 11) is -1.21. The third kappa shape index (κ3) is 7.43. The summed E-state index contributed by atoms with van der Waals surface area (Å²) in [6.07, 6.45) is 0.514. The molecule has 4 atom stereocenters. The molecule has 1 heterocycles. The smallest absolute Gasteiger partial charge is 0.238 e. The van der Waals surface area contributed by atoms with Crippen LogP contribution in [0.2, 0.25) is 0 Å². The number of fused-ring (bicyclic) bond motifs is 1. The first-order valence-corrected chi connectivity index (χ1v) is 13.7. The van der Waals surface area contributed by atoms with E-state index in [1.807, 2.05) is 75.4 Å². The van der Waals surface area contributed by atoms with Gasteiger partial charge >= 0.3 is 0 Å². The Hall–Kier alpha value is -2.13. The van der Waals surface area contributed by atoms with E-state index >= 15 is 0 Å². The Bertz CT molecular complexity index is 1020. The minimum atomic E-state index is -1.21. The van der Waals surface area contributed by atoms with Gasteiger partial charge in [0.2, 0.25) is 5.91 Å². The molecule has 3 aromatic rings. The molecule has 3 rings (SSSR count). The Balaban J connectivity index is 1.70. The van der Waals surface area contributed by atoms with E-state index in [1.54, 1.807) is 0 Å². The van der Waals surface area contributed by atoms with Gasteiger partial charge in [0.05, 0.1) is 22.3 Å². The number of para-hydroxylation sites is 1. The number of aromatic nitrogens is 1. The monoisotopic (exact) mass is 487 g/mol. The molecule has 1 amide bonds. The van der Waals surface area contributed by atoms with E-state index in [0.717, 1.165) is 22.2 Å². The van der Waals surface area contributed by atoms with Crippen molar-refractivity contribution in [1.82, 2.24) is 15.6 Å². The number of hydrogen-bond donors (Lipinski definition) is 3. The maximum absolute atomic E-state index is 13.2. The van der Waals surface area contributed by atoms with E-state index in [0.29, 0.717) is 17.2 Å². The molecule has 33 heavy (non-hydrogen) atoms. The molecule has 0 aliphatic rings. The lowest BCUT2D eigenvalue weighted by Crippen LogP contribution is -2.53. The van der Waals surface area contributed by atoms with Crippen molar-refractivity contribution in [1.29, 1.82) is 0 Å². The van der Waals surface area contributed by atoms with E-state index in [2.05, 4.69) is 15.6 Å². The van der Waals surface area contributed by atoms with Crippen LogP contribution >= 0.6 is 11.3 Å². The lowest BCUT2D eigenvalue weighted by Gasteiger charge is -2.26. The third-order valence-electron chi connectivity index (χ3n) is 5.25. The Kier molecular flexibility index (Phi) is 9.55. The van der Waals surface area contributed by atoms with Crippen molar-refractivity contribution < 1.29 is 14.1 Å². The normalized spacial score (nSPS) is 15.3. The number of hydrogen-bond acceptors (Lipinski definition) is 6. The molecule has 6 nitrogen and oxygen atoms in total. The van der Waals surface area contributed by atoms with Gasteiger partial charge in [-0.3, -0.25) is 9.00 Å². The van der Waals surface area contributed by atoms with E-state index in [9.17, 15) is 14.1 Å². The van der Waals surface area contributed by atoms with Crippen molar-refractivity contribution in [2.45, 2.75) is 63.6 Å². The Labute approximate surface area is 202 Å². The molecule has 2 aromatic carbocycles. The van der Waals surface area contributed by atoms with Crippen molar-refractivity contribution in [3.05, 3.63) is 65.2 Å². The lowest BCUT2D eigenvalue weighted by atomic mass is 10.1. The standard InChI is InChI=1S/C25H33N3O3S2/c1-4-10-20(23(29)25-28-19-13-8-9-14-22(19)32-25)27-24(30)21(26-17(2)3)16-33(31)15-18-11-6-5-7-12-18/h5-9,11-14,17,20-21,23,26,29H,4,10,15-16H2,1-3H3,(H,27,30). The molecule has 0 saturated carbocycles. The van der Waals surface area contributed by atoms with E-state index in [-0.39, 0.29) is 17.7 Å². The molecule has 4 unspecified atom stereocenters. The summed E-state index contributed by atoms with van der Waals surface area (Å²) in [5, 5.41) is 17.9. The van der Waals surface area contributed by atoms with Gasteiger partial charge in [-0.1, -0.05) is 69.7 Å². The van der Waals surface area contributed by atoms with E-state index in [4.69, 9.17) is 0 Å². The first-order valence-electron chi connectivity index (χ1n) is 11.4. The summed E-state index contributed by atoms with van der Waals surface area (Å²) in [6.45, 7) is 5.93. The SMILES string of the molecule is CCCC(NC(=O)C(CS(=O)Cc1ccccc1)NC(C)C)C(O)c1nc2ccccc2s1. The highest BCUT2D eigenvalue weighted by Gasteiger charge is 2.29. The number of benzene rings is 2. The number of thiazole rings is 1. The quantitative estimate of drug-likeness (QED) is 0.360. The number of rotatable bonds is 12. The number of aliphatic hydroxyl groups is 1. The highest BCUT2D eigenvalue weighted by atomic mass is 32.2. The fourth-order valence-electron chi connectivity index (χ4n) is 3.70. The van der Waals surface area contributed by atoms with Gasteiger partial charge < -0.3 is 15.7 Å². The van der Waals surface area contributed by atoms with Crippen LogP contribution in [0.1, 0.15) is 50.3 Å². The second kappa shape index (κ2) is 12.4. The van der Waals surface area contributed by atoms with Crippen LogP contribution < -0.4 is 10.6 Å². The Morgan fingerprint density at radius 1 is 1.12 bits per heavy atom. The average molecular weight is 488 g/mol. The van der Waals surface area contributed by atoms with Crippen molar-refractivity contribution in [3.8, 4) is 0 Å². The molecule has 0 saturated heterocycles. The summed E-state index contributed by atoms with van der Waals surface area (Å²) in [6, 6.07) is 16.4. The summed E-state index contributed by atoms with van der Waals surface area (Å²) in [5.74, 6) is 0.357. The van der Waals surface area contributed by atoms with Crippen molar-refractivity contribution in [3.63, 3.8) is 0 Å². The minimum Gasteiger partial charge on any atom is -0.384 e. The van der Waals surface area contributed by atoms with Gasteiger partial charge in [-0.15, -0.1) is 11.3 Å². The van der Waals surface area contributed by atoms with Gasteiger partial charge in [-0.05, 0) is 24.1 Å².